The maximum atomic E-state index is 10.4. The highest BCUT2D eigenvalue weighted by Crippen LogP contribution is 2.29. The van der Waals surface area contributed by atoms with Crippen molar-refractivity contribution in [3.05, 3.63) is 59.4 Å². The molecule has 146 valence electrons. The van der Waals surface area contributed by atoms with Crippen LogP contribution in [0.25, 0.3) is 10.1 Å². The minimum atomic E-state index is -0.763. The van der Waals surface area contributed by atoms with E-state index in [4.69, 9.17) is 4.42 Å². The molecule has 2 heterocycles. The number of furan rings is 1. The largest absolute Gasteiger partial charge is 0.467 e. The molecular weight excluding hydrogens is 477 g/mol. The Kier molecular flexibility index (Phi) is 8.55. The Morgan fingerprint density at radius 2 is 1.96 bits per heavy atom. The van der Waals surface area contributed by atoms with Gasteiger partial charge in [-0.15, -0.1) is 35.3 Å². The van der Waals surface area contributed by atoms with E-state index in [-0.39, 0.29) is 37.1 Å². The van der Waals surface area contributed by atoms with Gasteiger partial charge in [-0.1, -0.05) is 18.2 Å². The third-order valence-corrected chi connectivity index (χ3v) is 5.09. The minimum Gasteiger partial charge on any atom is -0.467 e. The number of fused-ring (bicyclic) bond motifs is 1. The van der Waals surface area contributed by atoms with E-state index in [1.165, 1.54) is 6.26 Å². The monoisotopic (exact) mass is 501 g/mol. The quantitative estimate of drug-likeness (QED) is 0.226. The predicted molar refractivity (Wildman–Crippen MR) is 120 cm³/mol. The van der Waals surface area contributed by atoms with E-state index in [1.54, 1.807) is 23.5 Å². The van der Waals surface area contributed by atoms with Gasteiger partial charge in [-0.3, -0.25) is 4.99 Å². The number of nitrogens with one attached hydrogen (secondary N) is 2. The molecule has 6 nitrogen and oxygen atoms in total. The van der Waals surface area contributed by atoms with Crippen LogP contribution in [0.3, 0.4) is 0 Å². The second kappa shape index (κ2) is 10.6. The number of nitrogens with zero attached hydrogens (tertiary/aromatic N) is 1. The highest BCUT2D eigenvalue weighted by Gasteiger charge is 2.13. The molecule has 0 bridgehead atoms. The van der Waals surface area contributed by atoms with Gasteiger partial charge in [0.05, 0.1) is 19.4 Å². The summed E-state index contributed by atoms with van der Waals surface area (Å²) in [4.78, 5) is 5.31. The van der Waals surface area contributed by atoms with Crippen LogP contribution in [0.4, 0.5) is 0 Å². The topological polar surface area (TPSA) is 90.0 Å². The molecule has 0 saturated carbocycles. The maximum absolute atomic E-state index is 10.4. The van der Waals surface area contributed by atoms with Crippen molar-refractivity contribution in [2.24, 2.45) is 4.99 Å². The van der Waals surface area contributed by atoms with E-state index < -0.39 is 12.2 Å². The van der Waals surface area contributed by atoms with Crippen LogP contribution in [0.2, 0.25) is 0 Å². The van der Waals surface area contributed by atoms with Crippen LogP contribution in [0.15, 0.2) is 58.1 Å². The normalized spacial score (nSPS) is 13.8. The summed E-state index contributed by atoms with van der Waals surface area (Å²) in [5, 5.41) is 27.8. The van der Waals surface area contributed by atoms with Gasteiger partial charge in [0.2, 0.25) is 0 Å². The van der Waals surface area contributed by atoms with Gasteiger partial charge < -0.3 is 25.3 Å². The van der Waals surface area contributed by atoms with Crippen LogP contribution in [0, 0.1) is 0 Å². The highest BCUT2D eigenvalue weighted by molar-refractivity contribution is 14.0. The number of thiophene rings is 1. The number of guanidine groups is 1. The molecule has 4 N–H and O–H groups in total. The molecule has 0 spiro atoms. The number of halogens is 1. The SMILES string of the molecule is CCNC(=NCC(O)c1cc2ccccc2s1)NCC(O)c1ccco1.I. The molecule has 1 aromatic carbocycles. The fourth-order valence-electron chi connectivity index (χ4n) is 2.55. The van der Waals surface area contributed by atoms with Crippen molar-refractivity contribution in [1.82, 2.24) is 10.6 Å². The molecule has 3 rings (SSSR count). The van der Waals surface area contributed by atoms with Crippen LogP contribution < -0.4 is 10.6 Å². The van der Waals surface area contributed by atoms with Crippen LogP contribution in [0.1, 0.15) is 29.8 Å². The minimum absolute atomic E-state index is 0. The number of hydrogen-bond donors (Lipinski definition) is 4. The third kappa shape index (κ3) is 5.93. The summed E-state index contributed by atoms with van der Waals surface area (Å²) >= 11 is 1.57. The number of benzene rings is 1. The van der Waals surface area contributed by atoms with Gasteiger partial charge >= 0.3 is 0 Å². The van der Waals surface area contributed by atoms with Gasteiger partial charge in [-0.25, -0.2) is 0 Å². The zero-order valence-electron chi connectivity index (χ0n) is 15.0. The second-order valence-electron chi connectivity index (χ2n) is 5.83. The summed E-state index contributed by atoms with van der Waals surface area (Å²) in [6.45, 7) is 3.14. The second-order valence-corrected chi connectivity index (χ2v) is 6.95. The first kappa shape index (κ1) is 21.7. The molecule has 2 atom stereocenters. The highest BCUT2D eigenvalue weighted by atomic mass is 127. The Labute approximate surface area is 179 Å². The third-order valence-electron chi connectivity index (χ3n) is 3.87. The molecule has 0 amide bonds. The first-order valence-electron chi connectivity index (χ1n) is 8.57. The van der Waals surface area contributed by atoms with Crippen molar-refractivity contribution in [2.45, 2.75) is 19.1 Å². The lowest BCUT2D eigenvalue weighted by Gasteiger charge is -2.14. The average Bonchev–Trinajstić information content (AvgIpc) is 3.33. The summed E-state index contributed by atoms with van der Waals surface area (Å²) in [6.07, 6.45) is 0.0957. The fourth-order valence-corrected chi connectivity index (χ4v) is 3.59. The van der Waals surface area contributed by atoms with Gasteiger partial charge in [0, 0.05) is 16.1 Å². The zero-order chi connectivity index (χ0) is 18.4. The number of aliphatic imine (C=N–C) groups is 1. The molecule has 0 aliphatic carbocycles. The van der Waals surface area contributed by atoms with Gasteiger partial charge in [0.25, 0.3) is 0 Å². The van der Waals surface area contributed by atoms with E-state index in [0.29, 0.717) is 18.3 Å². The smallest absolute Gasteiger partial charge is 0.191 e. The van der Waals surface area contributed by atoms with Crippen LogP contribution in [-0.4, -0.2) is 35.8 Å². The molecular formula is C19H24IN3O3S. The van der Waals surface area contributed by atoms with E-state index in [2.05, 4.69) is 15.6 Å². The Morgan fingerprint density at radius 3 is 2.67 bits per heavy atom. The van der Waals surface area contributed by atoms with Gasteiger partial charge in [0.1, 0.15) is 18.0 Å². The fraction of sp³-hybridized carbons (Fsp3) is 0.316. The summed E-state index contributed by atoms with van der Waals surface area (Å²) in [6, 6.07) is 13.5. The van der Waals surface area contributed by atoms with Gasteiger partial charge in [-0.05, 0) is 36.6 Å². The maximum Gasteiger partial charge on any atom is 0.191 e. The van der Waals surface area contributed by atoms with Crippen molar-refractivity contribution in [2.75, 3.05) is 19.6 Å². The Hall–Kier alpha value is -1.62. The first-order chi connectivity index (χ1) is 12.7. The summed E-state index contributed by atoms with van der Waals surface area (Å²) in [5.41, 5.74) is 0. The summed E-state index contributed by atoms with van der Waals surface area (Å²) in [5.74, 6) is 1.04. The lowest BCUT2D eigenvalue weighted by atomic mass is 10.2. The molecule has 0 aliphatic rings. The van der Waals surface area contributed by atoms with E-state index in [9.17, 15) is 10.2 Å². The number of aliphatic hydroxyl groups excluding tert-OH is 2. The van der Waals surface area contributed by atoms with Crippen LogP contribution >= 0.6 is 35.3 Å². The molecule has 0 radical (unpaired) electrons. The summed E-state index contributed by atoms with van der Waals surface area (Å²) in [7, 11) is 0. The molecule has 27 heavy (non-hydrogen) atoms. The molecule has 2 unspecified atom stereocenters. The van der Waals surface area contributed by atoms with Crippen molar-refractivity contribution in [1.29, 1.82) is 0 Å². The molecule has 0 saturated heterocycles. The first-order valence-corrected chi connectivity index (χ1v) is 9.39. The Bertz CT molecular complexity index is 818. The Balaban J connectivity index is 0.00000261. The van der Waals surface area contributed by atoms with Crippen LogP contribution in [-0.2, 0) is 0 Å². The zero-order valence-corrected chi connectivity index (χ0v) is 18.1. The van der Waals surface area contributed by atoms with Crippen molar-refractivity contribution in [3.8, 4) is 0 Å². The van der Waals surface area contributed by atoms with E-state index >= 15 is 0 Å². The predicted octanol–water partition coefficient (Wildman–Crippen LogP) is 3.43. The Morgan fingerprint density at radius 1 is 1.15 bits per heavy atom. The average molecular weight is 501 g/mol. The van der Waals surface area contributed by atoms with Crippen molar-refractivity contribution >= 4 is 51.4 Å². The lowest BCUT2D eigenvalue weighted by Crippen LogP contribution is -2.39. The number of hydrogen-bond acceptors (Lipinski definition) is 5. The molecule has 3 aromatic rings. The molecule has 8 heteroatoms. The number of aliphatic hydroxyl groups is 2. The van der Waals surface area contributed by atoms with E-state index in [0.717, 1.165) is 15.0 Å². The lowest BCUT2D eigenvalue weighted by molar-refractivity contribution is 0.152. The molecule has 2 aromatic heterocycles. The van der Waals surface area contributed by atoms with Crippen molar-refractivity contribution in [3.63, 3.8) is 0 Å². The van der Waals surface area contributed by atoms with Crippen LogP contribution in [0.5, 0.6) is 0 Å². The molecule has 0 fully saturated rings. The number of rotatable bonds is 7. The van der Waals surface area contributed by atoms with Gasteiger partial charge in [0.15, 0.2) is 5.96 Å². The molecule has 0 aliphatic heterocycles. The van der Waals surface area contributed by atoms with E-state index in [1.807, 2.05) is 37.3 Å². The standard InChI is InChI=1S/C19H23N3O3S.HI/c1-2-20-19(21-11-14(23)16-7-5-9-25-16)22-12-15(24)18-10-13-6-3-4-8-17(13)26-18;/h3-10,14-15,23-24H,2,11-12H2,1H3,(H2,20,21,22);1H. The van der Waals surface area contributed by atoms with Crippen molar-refractivity contribution < 1.29 is 14.6 Å². The summed E-state index contributed by atoms with van der Waals surface area (Å²) < 4.78 is 6.33. The van der Waals surface area contributed by atoms with Gasteiger partial charge in [-0.2, -0.15) is 0 Å².